The van der Waals surface area contributed by atoms with Gasteiger partial charge in [-0.3, -0.25) is 9.59 Å². The molecule has 7 heteroatoms. The van der Waals surface area contributed by atoms with Crippen LogP contribution in [0, 0.1) is 0 Å². The number of para-hydroxylation sites is 1. The number of rotatable bonds is 8. The van der Waals surface area contributed by atoms with E-state index in [0.717, 1.165) is 15.5 Å². The van der Waals surface area contributed by atoms with Gasteiger partial charge in [-0.1, -0.05) is 12.1 Å². The number of benzene rings is 1. The molecule has 2 amide bonds. The van der Waals surface area contributed by atoms with Crippen LogP contribution in [0.5, 0.6) is 0 Å². The number of likely N-dealkylation sites (N-methyl/N-ethyl adjacent to an activating group) is 1. The molecule has 128 valence electrons. The van der Waals surface area contributed by atoms with Gasteiger partial charge in [-0.2, -0.15) is 0 Å². The van der Waals surface area contributed by atoms with E-state index in [1.54, 1.807) is 30.2 Å². The first-order chi connectivity index (χ1) is 11.6. The summed E-state index contributed by atoms with van der Waals surface area (Å²) >= 11 is 1.58. The van der Waals surface area contributed by atoms with Gasteiger partial charge in [0.15, 0.2) is 13.1 Å². The number of hydrogen-bond donors (Lipinski definition) is 3. The first kappa shape index (κ1) is 18.1. The minimum Gasteiger partial charge on any atom is -0.467 e. The second-order valence-corrected chi connectivity index (χ2v) is 6.26. The van der Waals surface area contributed by atoms with E-state index < -0.39 is 0 Å². The molecule has 24 heavy (non-hydrogen) atoms. The summed E-state index contributed by atoms with van der Waals surface area (Å²) in [4.78, 5) is 25.8. The van der Waals surface area contributed by atoms with Crippen molar-refractivity contribution in [3.63, 3.8) is 0 Å². The van der Waals surface area contributed by atoms with Crippen molar-refractivity contribution in [3.05, 3.63) is 48.4 Å². The van der Waals surface area contributed by atoms with Crippen LogP contribution in [0.25, 0.3) is 0 Å². The van der Waals surface area contributed by atoms with Gasteiger partial charge in [-0.15, -0.1) is 11.8 Å². The molecule has 2 rings (SSSR count). The van der Waals surface area contributed by atoms with E-state index in [1.807, 2.05) is 37.6 Å². The van der Waals surface area contributed by atoms with Crippen LogP contribution < -0.4 is 15.5 Å². The fourth-order valence-corrected chi connectivity index (χ4v) is 2.77. The van der Waals surface area contributed by atoms with Crippen molar-refractivity contribution < 1.29 is 18.9 Å². The molecule has 1 aromatic carbocycles. The molecular formula is C17H22N3O3S+. The number of anilines is 1. The molecule has 0 aliphatic rings. The average Bonchev–Trinajstić information content (AvgIpc) is 3.06. The molecule has 0 bridgehead atoms. The van der Waals surface area contributed by atoms with Crippen LogP contribution in [0.4, 0.5) is 5.69 Å². The number of furan rings is 1. The Balaban J connectivity index is 1.75. The van der Waals surface area contributed by atoms with Gasteiger partial charge in [0.1, 0.15) is 5.76 Å². The first-order valence-electron chi connectivity index (χ1n) is 7.61. The SMILES string of the molecule is CSc1ccccc1NC(=O)C[NH+](C)CC(=O)NCc1ccco1. The molecule has 0 fully saturated rings. The van der Waals surface area contributed by atoms with E-state index in [-0.39, 0.29) is 24.9 Å². The Morgan fingerprint density at radius 1 is 1.12 bits per heavy atom. The van der Waals surface area contributed by atoms with Crippen molar-refractivity contribution in [1.82, 2.24) is 5.32 Å². The molecule has 2 aromatic rings. The molecule has 1 aromatic heterocycles. The largest absolute Gasteiger partial charge is 0.467 e. The molecule has 0 aliphatic carbocycles. The quantitative estimate of drug-likeness (QED) is 0.616. The van der Waals surface area contributed by atoms with Crippen molar-refractivity contribution in [2.24, 2.45) is 0 Å². The third kappa shape index (κ3) is 5.75. The lowest BCUT2D eigenvalue weighted by molar-refractivity contribution is -0.862. The van der Waals surface area contributed by atoms with E-state index in [2.05, 4.69) is 10.6 Å². The highest BCUT2D eigenvalue weighted by molar-refractivity contribution is 7.98. The van der Waals surface area contributed by atoms with E-state index in [0.29, 0.717) is 12.3 Å². The Labute approximate surface area is 145 Å². The number of carbonyl (C=O) groups is 2. The summed E-state index contributed by atoms with van der Waals surface area (Å²) in [5, 5.41) is 5.66. The molecule has 1 heterocycles. The molecular weight excluding hydrogens is 326 g/mol. The van der Waals surface area contributed by atoms with Crippen LogP contribution >= 0.6 is 11.8 Å². The number of hydrogen-bond acceptors (Lipinski definition) is 4. The van der Waals surface area contributed by atoms with Gasteiger partial charge in [0.05, 0.1) is 25.5 Å². The molecule has 3 N–H and O–H groups in total. The van der Waals surface area contributed by atoms with Gasteiger partial charge in [-0.05, 0) is 30.5 Å². The zero-order valence-electron chi connectivity index (χ0n) is 13.8. The minimum absolute atomic E-state index is 0.118. The second-order valence-electron chi connectivity index (χ2n) is 5.42. The van der Waals surface area contributed by atoms with Crippen molar-refractivity contribution >= 4 is 29.3 Å². The Bertz CT molecular complexity index is 673. The van der Waals surface area contributed by atoms with E-state index >= 15 is 0 Å². The van der Waals surface area contributed by atoms with Crippen LogP contribution in [-0.2, 0) is 16.1 Å². The lowest BCUT2D eigenvalue weighted by Crippen LogP contribution is -3.11. The summed E-state index contributed by atoms with van der Waals surface area (Å²) in [6.07, 6.45) is 3.53. The highest BCUT2D eigenvalue weighted by Gasteiger charge is 2.15. The number of amides is 2. The summed E-state index contributed by atoms with van der Waals surface area (Å²) in [5.41, 5.74) is 0.796. The van der Waals surface area contributed by atoms with Crippen molar-refractivity contribution in [2.45, 2.75) is 11.4 Å². The lowest BCUT2D eigenvalue weighted by atomic mass is 10.3. The van der Waals surface area contributed by atoms with Crippen molar-refractivity contribution in [3.8, 4) is 0 Å². The average molecular weight is 348 g/mol. The van der Waals surface area contributed by atoms with Crippen LogP contribution in [0.1, 0.15) is 5.76 Å². The molecule has 0 spiro atoms. The fraction of sp³-hybridized carbons (Fsp3) is 0.294. The standard InChI is InChI=1S/C17H21N3O3S/c1-20(11-16(21)18-10-13-6-5-9-23-13)12-17(22)19-14-7-3-4-8-15(14)24-2/h3-9H,10-12H2,1-2H3,(H,18,21)(H,19,22)/p+1. The van der Waals surface area contributed by atoms with Crippen LogP contribution in [0.15, 0.2) is 52.0 Å². The smallest absolute Gasteiger partial charge is 0.279 e. The monoisotopic (exact) mass is 348 g/mol. The van der Waals surface area contributed by atoms with Gasteiger partial charge in [-0.25, -0.2) is 0 Å². The summed E-state index contributed by atoms with van der Waals surface area (Å²) in [6, 6.07) is 11.2. The molecule has 0 aliphatic heterocycles. The molecule has 0 saturated carbocycles. The maximum atomic E-state index is 12.1. The van der Waals surface area contributed by atoms with Gasteiger partial charge in [0.25, 0.3) is 11.8 Å². The molecule has 1 atom stereocenters. The van der Waals surface area contributed by atoms with Crippen molar-refractivity contribution in [2.75, 3.05) is 31.7 Å². The van der Waals surface area contributed by atoms with Crippen LogP contribution in [0.3, 0.4) is 0 Å². The normalized spacial score (nSPS) is 11.8. The van der Waals surface area contributed by atoms with E-state index in [1.165, 1.54) is 0 Å². The Kier molecular flexibility index (Phi) is 6.89. The second kappa shape index (κ2) is 9.14. The molecule has 0 saturated heterocycles. The number of nitrogens with one attached hydrogen (secondary N) is 3. The number of thioether (sulfide) groups is 1. The lowest BCUT2D eigenvalue weighted by Gasteiger charge is -2.14. The van der Waals surface area contributed by atoms with Crippen LogP contribution in [-0.4, -0.2) is 38.2 Å². The van der Waals surface area contributed by atoms with E-state index in [9.17, 15) is 9.59 Å². The zero-order chi connectivity index (χ0) is 17.4. The molecule has 1 unspecified atom stereocenters. The van der Waals surface area contributed by atoms with Gasteiger partial charge >= 0.3 is 0 Å². The Morgan fingerprint density at radius 3 is 2.58 bits per heavy atom. The first-order valence-corrected chi connectivity index (χ1v) is 8.84. The van der Waals surface area contributed by atoms with Gasteiger partial charge in [0.2, 0.25) is 0 Å². The summed E-state index contributed by atoms with van der Waals surface area (Å²) in [5.74, 6) is 0.460. The predicted molar refractivity (Wildman–Crippen MR) is 94.0 cm³/mol. The third-order valence-corrected chi connectivity index (χ3v) is 4.14. The highest BCUT2D eigenvalue weighted by Crippen LogP contribution is 2.24. The maximum absolute atomic E-state index is 12.1. The fourth-order valence-electron chi connectivity index (χ4n) is 2.21. The summed E-state index contributed by atoms with van der Waals surface area (Å²) < 4.78 is 5.15. The van der Waals surface area contributed by atoms with Gasteiger partial charge in [0, 0.05) is 4.90 Å². The van der Waals surface area contributed by atoms with E-state index in [4.69, 9.17) is 4.42 Å². The van der Waals surface area contributed by atoms with Crippen LogP contribution in [0.2, 0.25) is 0 Å². The number of quaternary nitrogens is 1. The Morgan fingerprint density at radius 2 is 1.88 bits per heavy atom. The minimum atomic E-state index is -0.124. The summed E-state index contributed by atoms with van der Waals surface area (Å²) in [6.45, 7) is 0.793. The highest BCUT2D eigenvalue weighted by atomic mass is 32.2. The molecule has 6 nitrogen and oxygen atoms in total. The van der Waals surface area contributed by atoms with Crippen molar-refractivity contribution in [1.29, 1.82) is 0 Å². The maximum Gasteiger partial charge on any atom is 0.279 e. The van der Waals surface area contributed by atoms with Gasteiger partial charge < -0.3 is 20.0 Å². The summed E-state index contributed by atoms with van der Waals surface area (Å²) in [7, 11) is 1.81. The topological polar surface area (TPSA) is 75.8 Å². The Hall–Kier alpha value is -2.25. The predicted octanol–water partition coefficient (Wildman–Crippen LogP) is 0.771. The number of carbonyl (C=O) groups excluding carboxylic acids is 2. The third-order valence-electron chi connectivity index (χ3n) is 3.35. The molecule has 0 radical (unpaired) electrons. The zero-order valence-corrected chi connectivity index (χ0v) is 14.6.